The van der Waals surface area contributed by atoms with Crippen molar-refractivity contribution in [1.82, 2.24) is 9.97 Å². The van der Waals surface area contributed by atoms with E-state index in [0.29, 0.717) is 16.9 Å². The Balaban J connectivity index is 2.45. The number of anilines is 1. The minimum atomic E-state index is -3.73. The molecule has 1 heterocycles. The van der Waals surface area contributed by atoms with Gasteiger partial charge in [-0.3, -0.25) is 0 Å². The fourth-order valence-corrected chi connectivity index (χ4v) is 3.39. The van der Waals surface area contributed by atoms with Crippen LogP contribution in [0, 0.1) is 13.8 Å². The molecule has 0 bridgehead atoms. The maximum Gasteiger partial charge on any atom is 0.264 e. The number of rotatable bonds is 4. The van der Waals surface area contributed by atoms with E-state index in [1.54, 1.807) is 39.2 Å². The molecule has 7 heteroatoms. The molecule has 2 aromatic rings. The molecule has 0 aliphatic heterocycles. The van der Waals surface area contributed by atoms with E-state index in [0.717, 1.165) is 0 Å². The molecule has 0 aliphatic rings. The van der Waals surface area contributed by atoms with Crippen molar-refractivity contribution in [2.75, 3.05) is 11.8 Å². The summed E-state index contributed by atoms with van der Waals surface area (Å²) in [7, 11) is -2.19. The Morgan fingerprint density at radius 1 is 1.10 bits per heavy atom. The lowest BCUT2D eigenvalue weighted by molar-refractivity contribution is 0.413. The van der Waals surface area contributed by atoms with E-state index in [1.165, 1.54) is 12.4 Å². The molecule has 6 nitrogen and oxygen atoms in total. The van der Waals surface area contributed by atoms with E-state index in [9.17, 15) is 8.42 Å². The fourth-order valence-electron chi connectivity index (χ4n) is 1.98. The predicted molar refractivity (Wildman–Crippen MR) is 75.3 cm³/mol. The third kappa shape index (κ3) is 2.88. The summed E-state index contributed by atoms with van der Waals surface area (Å²) in [5, 5.41) is 0. The van der Waals surface area contributed by atoms with Crippen LogP contribution < -0.4 is 9.46 Å². The van der Waals surface area contributed by atoms with Gasteiger partial charge in [0, 0.05) is 12.4 Å². The van der Waals surface area contributed by atoms with E-state index in [4.69, 9.17) is 4.74 Å². The maximum absolute atomic E-state index is 12.4. The van der Waals surface area contributed by atoms with Gasteiger partial charge < -0.3 is 4.74 Å². The van der Waals surface area contributed by atoms with Crippen LogP contribution in [-0.4, -0.2) is 25.5 Å². The van der Waals surface area contributed by atoms with Crippen molar-refractivity contribution in [3.63, 3.8) is 0 Å². The molecular weight excluding hydrogens is 278 g/mol. The Labute approximate surface area is 117 Å². The Morgan fingerprint density at radius 3 is 2.15 bits per heavy atom. The molecular formula is C13H15N3O3S. The number of methoxy groups -OCH3 is 1. The van der Waals surface area contributed by atoms with Crippen LogP contribution in [0.4, 0.5) is 5.95 Å². The van der Waals surface area contributed by atoms with Crippen LogP contribution in [0.2, 0.25) is 0 Å². The second-order valence-electron chi connectivity index (χ2n) is 4.27. The molecule has 1 N–H and O–H groups in total. The topological polar surface area (TPSA) is 81.2 Å². The first-order chi connectivity index (χ1) is 9.44. The highest BCUT2D eigenvalue weighted by molar-refractivity contribution is 7.92. The van der Waals surface area contributed by atoms with E-state index in [1.807, 2.05) is 0 Å². The molecule has 0 radical (unpaired) electrons. The van der Waals surface area contributed by atoms with Crippen molar-refractivity contribution in [2.24, 2.45) is 0 Å². The molecule has 0 fully saturated rings. The second-order valence-corrected chi connectivity index (χ2v) is 5.89. The number of ether oxygens (including phenoxy) is 1. The van der Waals surface area contributed by atoms with Crippen molar-refractivity contribution >= 4 is 16.0 Å². The van der Waals surface area contributed by atoms with Crippen molar-refractivity contribution in [2.45, 2.75) is 18.7 Å². The summed E-state index contributed by atoms with van der Waals surface area (Å²) in [5.74, 6) is 0.664. The lowest BCUT2D eigenvalue weighted by Crippen LogP contribution is -2.17. The van der Waals surface area contributed by atoms with Crippen LogP contribution >= 0.6 is 0 Å². The van der Waals surface area contributed by atoms with Gasteiger partial charge in [0.05, 0.1) is 12.0 Å². The van der Waals surface area contributed by atoms with E-state index in [-0.39, 0.29) is 10.8 Å². The van der Waals surface area contributed by atoms with Crippen LogP contribution in [0.25, 0.3) is 0 Å². The van der Waals surface area contributed by atoms with Crippen molar-refractivity contribution in [3.05, 3.63) is 41.7 Å². The number of aromatic nitrogens is 2. The van der Waals surface area contributed by atoms with Gasteiger partial charge in [0.25, 0.3) is 10.0 Å². The van der Waals surface area contributed by atoms with Gasteiger partial charge in [-0.2, -0.15) is 0 Å². The highest BCUT2D eigenvalue weighted by Crippen LogP contribution is 2.26. The van der Waals surface area contributed by atoms with Crippen LogP contribution in [0.1, 0.15) is 11.1 Å². The van der Waals surface area contributed by atoms with E-state index >= 15 is 0 Å². The lowest BCUT2D eigenvalue weighted by Gasteiger charge is -2.13. The summed E-state index contributed by atoms with van der Waals surface area (Å²) in [6, 6.07) is 4.96. The number of aryl methyl sites for hydroxylation is 2. The highest BCUT2D eigenvalue weighted by Gasteiger charge is 2.21. The van der Waals surface area contributed by atoms with Crippen LogP contribution in [-0.2, 0) is 10.0 Å². The minimum absolute atomic E-state index is 0.0436. The molecule has 106 valence electrons. The van der Waals surface area contributed by atoms with Gasteiger partial charge in [-0.25, -0.2) is 23.1 Å². The summed E-state index contributed by atoms with van der Waals surface area (Å²) in [6.45, 7) is 3.44. The molecule has 2 rings (SSSR count). The normalized spacial score (nSPS) is 11.2. The Hall–Kier alpha value is -2.15. The third-order valence-electron chi connectivity index (χ3n) is 2.73. The molecule has 20 heavy (non-hydrogen) atoms. The van der Waals surface area contributed by atoms with Gasteiger partial charge in [0.2, 0.25) is 5.95 Å². The zero-order valence-electron chi connectivity index (χ0n) is 11.4. The molecule has 0 unspecified atom stereocenters. The summed E-state index contributed by atoms with van der Waals surface area (Å²) < 4.78 is 32.3. The largest absolute Gasteiger partial charge is 0.497 e. The number of hydrogen-bond donors (Lipinski definition) is 1. The molecule has 0 atom stereocenters. The van der Waals surface area contributed by atoms with E-state index in [2.05, 4.69) is 14.7 Å². The van der Waals surface area contributed by atoms with Crippen LogP contribution in [0.5, 0.6) is 5.75 Å². The fraction of sp³-hybridized carbons (Fsp3) is 0.231. The molecule has 0 amide bonds. The summed E-state index contributed by atoms with van der Waals surface area (Å²) in [6.07, 6.45) is 2.94. The first-order valence-corrected chi connectivity index (χ1v) is 7.37. The van der Waals surface area contributed by atoms with Crippen molar-refractivity contribution < 1.29 is 13.2 Å². The molecule has 0 saturated carbocycles. The average molecular weight is 293 g/mol. The SMILES string of the molecule is COc1cc(C)c(S(=O)(=O)Nc2ncccn2)c(C)c1. The van der Waals surface area contributed by atoms with Gasteiger partial charge in [-0.05, 0) is 43.2 Å². The van der Waals surface area contributed by atoms with Gasteiger partial charge in [-0.15, -0.1) is 0 Å². The first-order valence-electron chi connectivity index (χ1n) is 5.89. The van der Waals surface area contributed by atoms with Gasteiger partial charge in [-0.1, -0.05) is 0 Å². The zero-order valence-corrected chi connectivity index (χ0v) is 12.2. The predicted octanol–water partition coefficient (Wildman–Crippen LogP) is 1.90. The highest BCUT2D eigenvalue weighted by atomic mass is 32.2. The van der Waals surface area contributed by atoms with Crippen molar-refractivity contribution in [3.8, 4) is 5.75 Å². The zero-order chi connectivity index (χ0) is 14.8. The Kier molecular flexibility index (Phi) is 3.89. The third-order valence-corrected chi connectivity index (χ3v) is 4.36. The molecule has 1 aromatic carbocycles. The number of hydrogen-bond acceptors (Lipinski definition) is 5. The summed E-state index contributed by atoms with van der Waals surface area (Å²) in [4.78, 5) is 7.93. The molecule has 0 spiro atoms. The number of nitrogens with zero attached hydrogens (tertiary/aromatic N) is 2. The second kappa shape index (κ2) is 5.46. The molecule has 0 saturated heterocycles. The van der Waals surface area contributed by atoms with Crippen molar-refractivity contribution in [1.29, 1.82) is 0 Å². The Morgan fingerprint density at radius 2 is 1.65 bits per heavy atom. The number of nitrogens with one attached hydrogen (secondary N) is 1. The smallest absolute Gasteiger partial charge is 0.264 e. The van der Waals surface area contributed by atoms with Gasteiger partial charge >= 0.3 is 0 Å². The Bertz CT molecular complexity index is 692. The minimum Gasteiger partial charge on any atom is -0.497 e. The first kappa shape index (κ1) is 14.3. The standard InChI is InChI=1S/C13H15N3O3S/c1-9-7-11(19-3)8-10(2)12(9)20(17,18)16-13-14-5-4-6-15-13/h4-8H,1-3H3,(H,14,15,16). The van der Waals surface area contributed by atoms with E-state index < -0.39 is 10.0 Å². The quantitative estimate of drug-likeness (QED) is 0.931. The lowest BCUT2D eigenvalue weighted by atomic mass is 10.1. The monoisotopic (exact) mass is 293 g/mol. The molecule has 1 aromatic heterocycles. The van der Waals surface area contributed by atoms with Gasteiger partial charge in [0.1, 0.15) is 5.75 Å². The van der Waals surface area contributed by atoms with Crippen LogP contribution in [0.3, 0.4) is 0 Å². The molecule has 0 aliphatic carbocycles. The summed E-state index contributed by atoms with van der Waals surface area (Å²) >= 11 is 0. The number of benzene rings is 1. The van der Waals surface area contributed by atoms with Gasteiger partial charge in [0.15, 0.2) is 0 Å². The van der Waals surface area contributed by atoms with Crippen LogP contribution in [0.15, 0.2) is 35.5 Å². The average Bonchev–Trinajstić information content (AvgIpc) is 2.37. The summed E-state index contributed by atoms with van der Waals surface area (Å²) in [5.41, 5.74) is 1.20. The number of sulfonamides is 1. The maximum atomic E-state index is 12.4.